The van der Waals surface area contributed by atoms with E-state index in [1.165, 1.54) is 0 Å². The number of ether oxygens (including phenoxy) is 2. The van der Waals surface area contributed by atoms with E-state index < -0.39 is 16.0 Å². The number of anilines is 1. The second-order valence-corrected chi connectivity index (χ2v) is 12.5. The Bertz CT molecular complexity index is 913. The first-order chi connectivity index (χ1) is 13.0. The molecule has 0 aliphatic rings. The van der Waals surface area contributed by atoms with Crippen molar-refractivity contribution in [3.8, 4) is 0 Å². The second kappa shape index (κ2) is 9.01. The average Bonchev–Trinajstić information content (AvgIpc) is 2.59. The first kappa shape index (κ1) is 22.3. The van der Waals surface area contributed by atoms with Crippen molar-refractivity contribution in [2.75, 3.05) is 56.7 Å². The highest BCUT2D eigenvalue weighted by atomic mass is 32.3. The van der Waals surface area contributed by atoms with E-state index in [0.29, 0.717) is 12.0 Å². The summed E-state index contributed by atoms with van der Waals surface area (Å²) < 4.78 is 12.8. The minimum atomic E-state index is -0.645. The Morgan fingerprint density at radius 1 is 1.21 bits per heavy atom. The summed E-state index contributed by atoms with van der Waals surface area (Å²) in [7, 11) is 3.28. The Labute approximate surface area is 168 Å². The Hall–Kier alpha value is -1.99. The van der Waals surface area contributed by atoms with E-state index in [4.69, 9.17) is 9.47 Å². The summed E-state index contributed by atoms with van der Waals surface area (Å²) in [4.78, 5) is 27.2. The van der Waals surface area contributed by atoms with E-state index in [-0.39, 0.29) is 24.3 Å². The summed E-state index contributed by atoms with van der Waals surface area (Å²) >= 11 is 0. The number of benzene rings is 1. The Balaban J connectivity index is 2.53. The smallest absolute Gasteiger partial charge is 0.343 e. The maximum Gasteiger partial charge on any atom is 0.343 e. The third-order valence-corrected chi connectivity index (χ3v) is 5.84. The van der Waals surface area contributed by atoms with Gasteiger partial charge in [-0.05, 0) is 50.3 Å². The number of carbonyl (C=O) groups is 1. The molecule has 0 aliphatic carbocycles. The standard InChI is InChI=1S/C21H32N2O4S/c1-8-27-21(25)17-13-23(14-26-9-10-28(5,6)7)19-12-18(22(3)4)15(2)11-16(19)20(17)24/h11-13H,8-10,14H2,1-7H3. The molecule has 0 saturated heterocycles. The maximum atomic E-state index is 12.9. The SMILES string of the molecule is CCOC(=O)c1cn(COCCS(C)(C)C)c2cc(N(C)C)c(C)cc2c1=O. The van der Waals surface area contributed by atoms with Crippen LogP contribution in [0.1, 0.15) is 22.8 Å². The highest BCUT2D eigenvalue weighted by Gasteiger charge is 2.18. The van der Waals surface area contributed by atoms with Crippen LogP contribution in [-0.4, -0.2) is 62.4 Å². The molecule has 0 unspecified atom stereocenters. The molecule has 1 aromatic heterocycles. The van der Waals surface area contributed by atoms with Gasteiger partial charge in [-0.2, -0.15) is 0 Å². The van der Waals surface area contributed by atoms with Gasteiger partial charge in [0, 0.05) is 37.1 Å². The molecule has 156 valence electrons. The van der Waals surface area contributed by atoms with Gasteiger partial charge >= 0.3 is 5.97 Å². The fourth-order valence-electron chi connectivity index (χ4n) is 2.95. The summed E-state index contributed by atoms with van der Waals surface area (Å²) in [5.74, 6) is 0.398. The fraction of sp³-hybridized carbons (Fsp3) is 0.524. The molecule has 1 heterocycles. The van der Waals surface area contributed by atoms with E-state index in [9.17, 15) is 9.59 Å². The van der Waals surface area contributed by atoms with E-state index in [1.807, 2.05) is 42.6 Å². The van der Waals surface area contributed by atoms with Crippen LogP contribution >= 0.6 is 10.0 Å². The highest BCUT2D eigenvalue weighted by molar-refractivity contribution is 8.32. The minimum absolute atomic E-state index is 0.0383. The number of esters is 1. The molecule has 0 amide bonds. The van der Waals surface area contributed by atoms with Crippen LogP contribution in [0, 0.1) is 6.92 Å². The summed E-state index contributed by atoms with van der Waals surface area (Å²) in [6, 6.07) is 3.81. The predicted molar refractivity (Wildman–Crippen MR) is 119 cm³/mol. The summed E-state index contributed by atoms with van der Waals surface area (Å²) in [5.41, 5.74) is 2.46. The molecule has 0 atom stereocenters. The van der Waals surface area contributed by atoms with Crippen LogP contribution in [-0.2, 0) is 16.2 Å². The van der Waals surface area contributed by atoms with Crippen molar-refractivity contribution in [3.05, 3.63) is 39.7 Å². The lowest BCUT2D eigenvalue weighted by molar-refractivity contribution is 0.0521. The molecule has 1 aromatic carbocycles. The molecule has 28 heavy (non-hydrogen) atoms. The van der Waals surface area contributed by atoms with Gasteiger partial charge in [-0.25, -0.2) is 14.8 Å². The monoisotopic (exact) mass is 408 g/mol. The molecule has 0 fully saturated rings. The lowest BCUT2D eigenvalue weighted by atomic mass is 10.1. The number of carbonyl (C=O) groups excluding carboxylic acids is 1. The zero-order chi connectivity index (χ0) is 21.1. The number of hydrogen-bond donors (Lipinski definition) is 0. The fourth-order valence-corrected chi connectivity index (χ4v) is 3.57. The van der Waals surface area contributed by atoms with Gasteiger partial charge in [-0.15, -0.1) is 0 Å². The first-order valence-electron chi connectivity index (χ1n) is 9.31. The molecule has 0 N–H and O–H groups in total. The Kier molecular flexibility index (Phi) is 7.17. The minimum Gasteiger partial charge on any atom is -0.462 e. The van der Waals surface area contributed by atoms with Crippen LogP contribution in [0.15, 0.2) is 23.1 Å². The van der Waals surface area contributed by atoms with Crippen LogP contribution in [0.2, 0.25) is 0 Å². The normalized spacial score (nSPS) is 12.2. The number of hydrogen-bond acceptors (Lipinski definition) is 5. The topological polar surface area (TPSA) is 60.8 Å². The zero-order valence-corrected chi connectivity index (χ0v) is 18.8. The molecule has 0 saturated carbocycles. The molecule has 0 bridgehead atoms. The van der Waals surface area contributed by atoms with E-state index in [2.05, 4.69) is 18.8 Å². The van der Waals surface area contributed by atoms with Gasteiger partial charge in [-0.3, -0.25) is 4.79 Å². The van der Waals surface area contributed by atoms with Crippen molar-refractivity contribution < 1.29 is 14.3 Å². The molecule has 0 spiro atoms. The second-order valence-electron chi connectivity index (χ2n) is 7.94. The van der Waals surface area contributed by atoms with Crippen molar-refractivity contribution in [1.82, 2.24) is 4.57 Å². The van der Waals surface area contributed by atoms with Gasteiger partial charge in [0.15, 0.2) is 0 Å². The van der Waals surface area contributed by atoms with Crippen LogP contribution in [0.4, 0.5) is 5.69 Å². The van der Waals surface area contributed by atoms with Gasteiger partial charge in [0.25, 0.3) is 0 Å². The van der Waals surface area contributed by atoms with Gasteiger partial charge in [-0.1, -0.05) is 0 Å². The highest BCUT2D eigenvalue weighted by Crippen LogP contribution is 2.33. The zero-order valence-electron chi connectivity index (χ0n) is 18.0. The van der Waals surface area contributed by atoms with E-state index in [1.54, 1.807) is 13.1 Å². The number of aromatic nitrogens is 1. The van der Waals surface area contributed by atoms with Crippen LogP contribution in [0.5, 0.6) is 0 Å². The number of nitrogens with zero attached hydrogens (tertiary/aromatic N) is 2. The average molecular weight is 409 g/mol. The molecule has 6 nitrogen and oxygen atoms in total. The third-order valence-electron chi connectivity index (χ3n) is 4.45. The summed E-state index contributed by atoms with van der Waals surface area (Å²) in [6.07, 6.45) is 8.30. The molecule has 2 aromatic rings. The van der Waals surface area contributed by atoms with Crippen LogP contribution in [0.3, 0.4) is 0 Å². The predicted octanol–water partition coefficient (Wildman–Crippen LogP) is 3.22. The maximum absolute atomic E-state index is 12.9. The molecule has 0 radical (unpaired) electrons. The quantitative estimate of drug-likeness (QED) is 0.496. The van der Waals surface area contributed by atoms with Crippen LogP contribution < -0.4 is 10.3 Å². The number of pyridine rings is 1. The van der Waals surface area contributed by atoms with Gasteiger partial charge in [0.05, 0.1) is 18.7 Å². The van der Waals surface area contributed by atoms with Crippen molar-refractivity contribution >= 4 is 32.6 Å². The van der Waals surface area contributed by atoms with Crippen molar-refractivity contribution in [2.24, 2.45) is 0 Å². The molecular weight excluding hydrogens is 376 g/mol. The Morgan fingerprint density at radius 2 is 1.89 bits per heavy atom. The molecule has 2 rings (SSSR count). The van der Waals surface area contributed by atoms with Gasteiger partial charge in [0.2, 0.25) is 5.43 Å². The molecule has 0 aliphatic heterocycles. The van der Waals surface area contributed by atoms with Crippen molar-refractivity contribution in [3.63, 3.8) is 0 Å². The van der Waals surface area contributed by atoms with Gasteiger partial charge < -0.3 is 18.9 Å². The third kappa shape index (κ3) is 5.29. The number of fused-ring (bicyclic) bond motifs is 1. The van der Waals surface area contributed by atoms with Crippen molar-refractivity contribution in [2.45, 2.75) is 20.6 Å². The summed E-state index contributed by atoms with van der Waals surface area (Å²) in [5, 5.41) is 0.499. The number of aryl methyl sites for hydroxylation is 1. The van der Waals surface area contributed by atoms with E-state index in [0.717, 1.165) is 22.5 Å². The summed E-state index contributed by atoms with van der Waals surface area (Å²) in [6.45, 7) is 4.81. The Morgan fingerprint density at radius 3 is 2.46 bits per heavy atom. The van der Waals surface area contributed by atoms with Crippen molar-refractivity contribution in [1.29, 1.82) is 0 Å². The lowest BCUT2D eigenvalue weighted by Gasteiger charge is -2.25. The van der Waals surface area contributed by atoms with E-state index >= 15 is 0 Å². The lowest BCUT2D eigenvalue weighted by Crippen LogP contribution is -2.22. The largest absolute Gasteiger partial charge is 0.462 e. The number of rotatable bonds is 8. The molecule has 7 heteroatoms. The first-order valence-corrected chi connectivity index (χ1v) is 12.3. The van der Waals surface area contributed by atoms with Crippen LogP contribution in [0.25, 0.3) is 10.9 Å². The van der Waals surface area contributed by atoms with Gasteiger partial charge in [0.1, 0.15) is 12.3 Å². The molecular formula is C21H32N2O4S.